The van der Waals surface area contributed by atoms with E-state index in [9.17, 15) is 9.59 Å². The molecular weight excluding hydrogens is 593 g/mol. The fraction of sp³-hybridized carbons (Fsp3) is 0.0294. The molecule has 0 aliphatic carbocycles. The van der Waals surface area contributed by atoms with Gasteiger partial charge in [0.25, 0.3) is 5.91 Å². The number of aromatic nitrogens is 2. The van der Waals surface area contributed by atoms with E-state index < -0.39 is 0 Å². The largest absolute Gasteiger partial charge is 0.288 e. The Morgan fingerprint density at radius 2 is 1.47 bits per heavy atom. The van der Waals surface area contributed by atoms with Gasteiger partial charge in [0.1, 0.15) is 15.4 Å². The molecule has 1 aliphatic heterocycles. The first-order valence-electron chi connectivity index (χ1n) is 13.4. The topological polar surface area (TPSA) is 87.0 Å². The van der Waals surface area contributed by atoms with E-state index in [-0.39, 0.29) is 16.9 Å². The monoisotopic (exact) mass is 614 g/mol. The van der Waals surface area contributed by atoms with Crippen molar-refractivity contribution in [1.82, 2.24) is 10.2 Å². The lowest BCUT2D eigenvalue weighted by atomic mass is 9.95. The summed E-state index contributed by atoms with van der Waals surface area (Å²) in [5.41, 5.74) is 3.97. The predicted molar refractivity (Wildman–Crippen MR) is 178 cm³/mol. The van der Waals surface area contributed by atoms with Crippen LogP contribution < -0.4 is 4.90 Å². The number of ketones is 1. The summed E-state index contributed by atoms with van der Waals surface area (Å²) in [4.78, 5) is 33.0. The molecule has 1 N–H and O–H groups in total. The number of amidine groups is 1. The van der Waals surface area contributed by atoms with Gasteiger partial charge in [0.05, 0.1) is 10.6 Å². The van der Waals surface area contributed by atoms with Crippen LogP contribution >= 0.6 is 34.4 Å². The summed E-state index contributed by atoms with van der Waals surface area (Å²) >= 11 is 3.88. The normalized spacial score (nSPS) is 14.3. The minimum absolute atomic E-state index is 0.0309. The molecule has 0 spiro atoms. The van der Waals surface area contributed by atoms with Gasteiger partial charge in [0.2, 0.25) is 5.78 Å². The Hall–Kier alpha value is -4.70. The van der Waals surface area contributed by atoms with E-state index in [1.54, 1.807) is 23.5 Å². The van der Waals surface area contributed by atoms with Gasteiger partial charge in [-0.3, -0.25) is 19.9 Å². The standard InChI is InChI=1S/C34H22N4O2S3/c1-20-17-18-24(41-20)19-25-33(40)38(34(35)42-25)29-27-26(21-11-5-2-6-12-21)28(22-13-7-3-8-14-22)36-37-32(27)43-31(29)30(39)23-15-9-4-10-16-23/h2-19,35H,1H3/b25-19+,35-34?. The molecule has 1 aliphatic rings. The molecule has 0 unspecified atom stereocenters. The van der Waals surface area contributed by atoms with Gasteiger partial charge in [0.15, 0.2) is 5.17 Å². The molecule has 1 amide bonds. The average Bonchev–Trinajstić information content (AvgIpc) is 3.71. The number of anilines is 1. The SMILES string of the molecule is Cc1ccc(/C=C2/SC(=N)N(c3c(C(=O)c4ccccc4)sc4nnc(-c5ccccc5)c(-c5ccccc5)c34)C2=O)s1. The molecule has 9 heteroatoms. The van der Waals surface area contributed by atoms with Crippen LogP contribution in [-0.4, -0.2) is 27.1 Å². The Morgan fingerprint density at radius 1 is 0.814 bits per heavy atom. The molecule has 208 valence electrons. The number of thiophene rings is 2. The van der Waals surface area contributed by atoms with Gasteiger partial charge in [0, 0.05) is 31.8 Å². The lowest BCUT2D eigenvalue weighted by Gasteiger charge is -2.18. The number of fused-ring (bicyclic) bond motifs is 1. The molecule has 43 heavy (non-hydrogen) atoms. The van der Waals surface area contributed by atoms with Gasteiger partial charge >= 0.3 is 0 Å². The van der Waals surface area contributed by atoms with Crippen LogP contribution in [0.2, 0.25) is 0 Å². The Labute approximate surface area is 259 Å². The van der Waals surface area contributed by atoms with Gasteiger partial charge in [-0.1, -0.05) is 91.0 Å². The molecule has 3 aromatic carbocycles. The van der Waals surface area contributed by atoms with Crippen molar-refractivity contribution in [2.24, 2.45) is 0 Å². The highest BCUT2D eigenvalue weighted by Gasteiger charge is 2.39. The first-order valence-corrected chi connectivity index (χ1v) is 15.9. The maximum Gasteiger partial charge on any atom is 0.271 e. The molecule has 6 aromatic rings. The number of hydrogen-bond donors (Lipinski definition) is 1. The fourth-order valence-electron chi connectivity index (χ4n) is 5.09. The first kappa shape index (κ1) is 27.2. The zero-order valence-electron chi connectivity index (χ0n) is 22.8. The van der Waals surface area contributed by atoms with E-state index in [2.05, 4.69) is 10.2 Å². The second-order valence-electron chi connectivity index (χ2n) is 9.82. The lowest BCUT2D eigenvalue weighted by Crippen LogP contribution is -2.29. The number of aryl methyl sites for hydroxylation is 1. The van der Waals surface area contributed by atoms with Crippen LogP contribution in [0, 0.1) is 12.3 Å². The van der Waals surface area contributed by atoms with E-state index in [4.69, 9.17) is 5.41 Å². The van der Waals surface area contributed by atoms with Crippen LogP contribution in [0.15, 0.2) is 108 Å². The highest BCUT2D eigenvalue weighted by Crippen LogP contribution is 2.49. The number of thioether (sulfide) groups is 1. The molecule has 0 saturated carbocycles. The fourth-order valence-corrected chi connectivity index (χ4v) is 7.90. The third kappa shape index (κ3) is 4.91. The predicted octanol–water partition coefficient (Wildman–Crippen LogP) is 8.68. The summed E-state index contributed by atoms with van der Waals surface area (Å²) in [7, 11) is 0. The maximum absolute atomic E-state index is 14.1. The molecule has 3 aromatic heterocycles. The zero-order valence-corrected chi connectivity index (χ0v) is 25.2. The van der Waals surface area contributed by atoms with Gasteiger partial charge in [-0.25, -0.2) is 0 Å². The van der Waals surface area contributed by atoms with E-state index in [0.29, 0.717) is 36.9 Å². The minimum atomic E-state index is -0.347. The minimum Gasteiger partial charge on any atom is -0.288 e. The van der Waals surface area contributed by atoms with Crippen LogP contribution in [0.3, 0.4) is 0 Å². The zero-order chi connectivity index (χ0) is 29.5. The van der Waals surface area contributed by atoms with Gasteiger partial charge < -0.3 is 0 Å². The molecule has 7 rings (SSSR count). The molecule has 1 fully saturated rings. The third-order valence-corrected chi connectivity index (χ3v) is 9.92. The van der Waals surface area contributed by atoms with Crippen molar-refractivity contribution in [2.45, 2.75) is 6.92 Å². The maximum atomic E-state index is 14.1. The second kappa shape index (κ2) is 11.2. The average molecular weight is 615 g/mol. The van der Waals surface area contributed by atoms with Crippen LogP contribution in [0.4, 0.5) is 5.69 Å². The van der Waals surface area contributed by atoms with E-state index in [1.165, 1.54) is 16.2 Å². The van der Waals surface area contributed by atoms with Gasteiger partial charge in [-0.05, 0) is 42.5 Å². The highest BCUT2D eigenvalue weighted by molar-refractivity contribution is 8.19. The van der Waals surface area contributed by atoms with Crippen molar-refractivity contribution in [1.29, 1.82) is 5.41 Å². The third-order valence-electron chi connectivity index (χ3n) is 7.03. The number of nitrogens with one attached hydrogen (secondary N) is 1. The van der Waals surface area contributed by atoms with Crippen LogP contribution in [-0.2, 0) is 4.79 Å². The van der Waals surface area contributed by atoms with Crippen molar-refractivity contribution in [3.8, 4) is 22.4 Å². The van der Waals surface area contributed by atoms with Crippen LogP contribution in [0.25, 0.3) is 38.7 Å². The Morgan fingerprint density at radius 3 is 2.12 bits per heavy atom. The van der Waals surface area contributed by atoms with Crippen LogP contribution in [0.5, 0.6) is 0 Å². The molecule has 4 heterocycles. The lowest BCUT2D eigenvalue weighted by molar-refractivity contribution is -0.113. The number of rotatable bonds is 6. The summed E-state index contributed by atoms with van der Waals surface area (Å²) in [5, 5.41) is 18.9. The number of hydrogen-bond acceptors (Lipinski definition) is 8. The number of benzene rings is 3. The summed E-state index contributed by atoms with van der Waals surface area (Å²) in [6.07, 6.45) is 1.82. The first-order chi connectivity index (χ1) is 21.0. The van der Waals surface area contributed by atoms with Gasteiger partial charge in [-0.2, -0.15) is 0 Å². The molecule has 0 radical (unpaired) electrons. The van der Waals surface area contributed by atoms with Crippen LogP contribution in [0.1, 0.15) is 25.0 Å². The van der Waals surface area contributed by atoms with Crippen molar-refractivity contribution in [2.75, 3.05) is 4.90 Å². The van der Waals surface area contributed by atoms with E-state index in [0.717, 1.165) is 38.2 Å². The Kier molecular flexibility index (Phi) is 7.06. The summed E-state index contributed by atoms with van der Waals surface area (Å²) in [5.74, 6) is -0.587. The Bertz CT molecular complexity index is 2070. The number of nitrogens with zero attached hydrogens (tertiary/aromatic N) is 3. The molecule has 6 nitrogen and oxygen atoms in total. The quantitative estimate of drug-likeness (QED) is 0.150. The summed E-state index contributed by atoms with van der Waals surface area (Å²) < 4.78 is 0. The second-order valence-corrected chi connectivity index (χ2v) is 13.2. The molecular formula is C34H22N4O2S3. The number of carbonyl (C=O) groups is 2. The summed E-state index contributed by atoms with van der Waals surface area (Å²) in [6, 6.07) is 32.5. The van der Waals surface area contributed by atoms with Gasteiger partial charge in [-0.15, -0.1) is 32.9 Å². The number of amides is 1. The van der Waals surface area contributed by atoms with E-state index >= 15 is 0 Å². The van der Waals surface area contributed by atoms with Crippen molar-refractivity contribution < 1.29 is 9.59 Å². The van der Waals surface area contributed by atoms with Crippen molar-refractivity contribution >= 4 is 73.3 Å². The molecule has 0 bridgehead atoms. The smallest absolute Gasteiger partial charge is 0.271 e. The highest BCUT2D eigenvalue weighted by atomic mass is 32.2. The van der Waals surface area contributed by atoms with Crippen molar-refractivity contribution in [3.63, 3.8) is 0 Å². The summed E-state index contributed by atoms with van der Waals surface area (Å²) in [6.45, 7) is 2.01. The number of carbonyl (C=O) groups excluding carboxylic acids is 2. The van der Waals surface area contributed by atoms with Crippen molar-refractivity contribution in [3.05, 3.63) is 128 Å². The molecule has 0 atom stereocenters. The Balaban J connectivity index is 1.53. The molecule has 1 saturated heterocycles. The van der Waals surface area contributed by atoms with E-state index in [1.807, 2.05) is 104 Å².